The van der Waals surface area contributed by atoms with Gasteiger partial charge >= 0.3 is 0 Å². The molecule has 1 atom stereocenters. The lowest BCUT2D eigenvalue weighted by Crippen LogP contribution is -2.66. The lowest BCUT2D eigenvalue weighted by atomic mass is 9.79. The quantitative estimate of drug-likeness (QED) is 0.735. The first-order valence-electron chi connectivity index (χ1n) is 9.49. The van der Waals surface area contributed by atoms with Crippen molar-refractivity contribution in [2.75, 3.05) is 26.3 Å². The monoisotopic (exact) mass is 367 g/mol. The molecule has 142 valence electrons. The summed E-state index contributed by atoms with van der Waals surface area (Å²) in [6.45, 7) is 5.28. The summed E-state index contributed by atoms with van der Waals surface area (Å²) < 4.78 is 11.9. The number of aromatic nitrogens is 2. The van der Waals surface area contributed by atoms with Crippen LogP contribution < -0.4 is 0 Å². The maximum absolute atomic E-state index is 12.6. The predicted molar refractivity (Wildman–Crippen MR) is 100 cm³/mol. The van der Waals surface area contributed by atoms with Gasteiger partial charge in [-0.15, -0.1) is 0 Å². The zero-order valence-electron chi connectivity index (χ0n) is 15.6. The molecule has 0 aliphatic carbocycles. The van der Waals surface area contributed by atoms with Gasteiger partial charge in [0.15, 0.2) is 0 Å². The van der Waals surface area contributed by atoms with E-state index in [0.717, 1.165) is 30.7 Å². The molecule has 1 spiro atoms. The van der Waals surface area contributed by atoms with Crippen molar-refractivity contribution in [3.8, 4) is 0 Å². The molecule has 0 aromatic carbocycles. The molecule has 1 amide bonds. The van der Waals surface area contributed by atoms with Crippen molar-refractivity contribution in [1.29, 1.82) is 0 Å². The summed E-state index contributed by atoms with van der Waals surface area (Å²) in [5.74, 6) is 0.474. The average Bonchev–Trinajstić information content (AvgIpc) is 3.09. The third kappa shape index (κ3) is 3.87. The maximum Gasteiger partial charge on any atom is 0.255 e. The second-order valence-electron chi connectivity index (χ2n) is 7.45. The van der Waals surface area contributed by atoms with E-state index in [4.69, 9.17) is 9.47 Å². The number of nitrogens with zero attached hydrogens (tertiary/aromatic N) is 3. The maximum atomic E-state index is 12.6. The second-order valence-corrected chi connectivity index (χ2v) is 7.45. The summed E-state index contributed by atoms with van der Waals surface area (Å²) >= 11 is 0. The zero-order valence-corrected chi connectivity index (χ0v) is 15.6. The Balaban J connectivity index is 1.26. The lowest BCUT2D eigenvalue weighted by Gasteiger charge is -2.50. The van der Waals surface area contributed by atoms with Gasteiger partial charge in [-0.25, -0.2) is 0 Å². The fraction of sp³-hybridized carbons (Fsp3) is 0.476. The molecular formula is C21H25N3O3. The Kier molecular flexibility index (Phi) is 5.18. The van der Waals surface area contributed by atoms with Crippen molar-refractivity contribution in [3.63, 3.8) is 0 Å². The molecule has 0 unspecified atom stereocenters. The molecule has 2 aliphatic rings. The normalized spacial score (nSPS) is 20.6. The molecular weight excluding hydrogens is 342 g/mol. The van der Waals surface area contributed by atoms with E-state index in [1.165, 1.54) is 0 Å². The molecule has 4 heterocycles. The standard InChI is InChI=1S/C21H25N3O3/c1-16-4-5-18(12-23-16)20(25)24-14-21(15-24)19(7-10-27-21)6-9-26-13-17-3-2-8-22-11-17/h2-5,8,11-12,19H,6-7,9-10,13-15H2,1H3/t19-/m0/s1. The number of amides is 1. The summed E-state index contributed by atoms with van der Waals surface area (Å²) in [5, 5.41) is 0. The molecule has 27 heavy (non-hydrogen) atoms. The fourth-order valence-electron chi connectivity index (χ4n) is 3.96. The van der Waals surface area contributed by atoms with Crippen LogP contribution >= 0.6 is 0 Å². The highest BCUT2D eigenvalue weighted by Gasteiger charge is 2.54. The molecule has 0 saturated carbocycles. The van der Waals surface area contributed by atoms with Gasteiger partial charge in [-0.05, 0) is 49.4 Å². The van der Waals surface area contributed by atoms with Gasteiger partial charge in [-0.3, -0.25) is 14.8 Å². The van der Waals surface area contributed by atoms with Gasteiger partial charge in [-0.2, -0.15) is 0 Å². The van der Waals surface area contributed by atoms with Crippen LogP contribution in [0.1, 0.15) is 34.5 Å². The molecule has 2 fully saturated rings. The molecule has 6 heteroatoms. The Bertz CT molecular complexity index is 773. The first-order valence-corrected chi connectivity index (χ1v) is 9.49. The van der Waals surface area contributed by atoms with E-state index in [1.54, 1.807) is 12.4 Å². The summed E-state index contributed by atoms with van der Waals surface area (Å²) in [6, 6.07) is 7.65. The smallest absolute Gasteiger partial charge is 0.255 e. The highest BCUT2D eigenvalue weighted by molar-refractivity contribution is 5.94. The van der Waals surface area contributed by atoms with Crippen LogP contribution in [-0.4, -0.2) is 52.7 Å². The first-order chi connectivity index (χ1) is 13.2. The number of hydrogen-bond acceptors (Lipinski definition) is 5. The topological polar surface area (TPSA) is 64.6 Å². The minimum atomic E-state index is -0.189. The average molecular weight is 367 g/mol. The number of pyridine rings is 2. The highest BCUT2D eigenvalue weighted by atomic mass is 16.5. The molecule has 2 saturated heterocycles. The van der Waals surface area contributed by atoms with Crippen LogP contribution in [0, 0.1) is 12.8 Å². The summed E-state index contributed by atoms with van der Waals surface area (Å²) in [7, 11) is 0. The lowest BCUT2D eigenvalue weighted by molar-refractivity contribution is -0.120. The van der Waals surface area contributed by atoms with Crippen molar-refractivity contribution in [2.45, 2.75) is 32.0 Å². The Morgan fingerprint density at radius 1 is 1.33 bits per heavy atom. The first kappa shape index (κ1) is 18.1. The van der Waals surface area contributed by atoms with E-state index in [9.17, 15) is 4.79 Å². The molecule has 0 N–H and O–H groups in total. The molecule has 0 bridgehead atoms. The number of ether oxygens (including phenoxy) is 2. The molecule has 6 nitrogen and oxygen atoms in total. The van der Waals surface area contributed by atoms with E-state index in [1.807, 2.05) is 42.3 Å². The van der Waals surface area contributed by atoms with Crippen LogP contribution in [-0.2, 0) is 16.1 Å². The van der Waals surface area contributed by atoms with Crippen LogP contribution in [0.3, 0.4) is 0 Å². The Hall–Kier alpha value is -2.31. The van der Waals surface area contributed by atoms with E-state index in [0.29, 0.717) is 37.8 Å². The van der Waals surface area contributed by atoms with Crippen LogP contribution in [0.5, 0.6) is 0 Å². The minimum Gasteiger partial charge on any atom is -0.377 e. The third-order valence-corrected chi connectivity index (χ3v) is 5.56. The van der Waals surface area contributed by atoms with E-state index in [2.05, 4.69) is 9.97 Å². The van der Waals surface area contributed by atoms with Gasteiger partial charge in [0.25, 0.3) is 5.91 Å². The van der Waals surface area contributed by atoms with Gasteiger partial charge in [-0.1, -0.05) is 6.07 Å². The van der Waals surface area contributed by atoms with Crippen molar-refractivity contribution in [1.82, 2.24) is 14.9 Å². The summed E-state index contributed by atoms with van der Waals surface area (Å²) in [6.07, 6.45) is 7.23. The number of carbonyl (C=O) groups excluding carboxylic acids is 1. The Morgan fingerprint density at radius 3 is 2.96 bits per heavy atom. The largest absolute Gasteiger partial charge is 0.377 e. The number of rotatable bonds is 6. The van der Waals surface area contributed by atoms with Gasteiger partial charge in [0.1, 0.15) is 5.60 Å². The molecule has 0 radical (unpaired) electrons. The van der Waals surface area contributed by atoms with Crippen molar-refractivity contribution >= 4 is 5.91 Å². The summed E-state index contributed by atoms with van der Waals surface area (Å²) in [4.78, 5) is 22.8. The van der Waals surface area contributed by atoms with Gasteiger partial charge in [0.05, 0.1) is 25.3 Å². The Morgan fingerprint density at radius 2 is 2.22 bits per heavy atom. The van der Waals surface area contributed by atoms with Crippen LogP contribution in [0.25, 0.3) is 0 Å². The van der Waals surface area contributed by atoms with Crippen LogP contribution in [0.2, 0.25) is 0 Å². The number of likely N-dealkylation sites (tertiary alicyclic amines) is 1. The zero-order chi connectivity index (χ0) is 18.7. The number of aryl methyl sites for hydroxylation is 1. The highest BCUT2D eigenvalue weighted by Crippen LogP contribution is 2.42. The van der Waals surface area contributed by atoms with Gasteiger partial charge in [0, 0.05) is 37.5 Å². The van der Waals surface area contributed by atoms with Crippen LogP contribution in [0.15, 0.2) is 42.9 Å². The van der Waals surface area contributed by atoms with Crippen molar-refractivity contribution in [3.05, 3.63) is 59.7 Å². The Labute approximate surface area is 159 Å². The SMILES string of the molecule is Cc1ccc(C(=O)N2CC3(C2)OCC[C@@H]3CCOCc2cccnc2)cn1. The molecule has 2 aliphatic heterocycles. The van der Waals surface area contributed by atoms with E-state index in [-0.39, 0.29) is 11.5 Å². The van der Waals surface area contributed by atoms with Crippen molar-refractivity contribution < 1.29 is 14.3 Å². The molecule has 4 rings (SSSR count). The van der Waals surface area contributed by atoms with E-state index >= 15 is 0 Å². The molecule has 2 aromatic heterocycles. The van der Waals surface area contributed by atoms with Crippen molar-refractivity contribution in [2.24, 2.45) is 5.92 Å². The predicted octanol–water partition coefficient (Wildman–Crippen LogP) is 2.62. The second kappa shape index (κ2) is 7.74. The number of carbonyl (C=O) groups is 1. The summed E-state index contributed by atoms with van der Waals surface area (Å²) in [5.41, 5.74) is 2.45. The number of hydrogen-bond donors (Lipinski definition) is 0. The third-order valence-electron chi connectivity index (χ3n) is 5.56. The van der Waals surface area contributed by atoms with Crippen LogP contribution in [0.4, 0.5) is 0 Å². The molecule has 2 aromatic rings. The van der Waals surface area contributed by atoms with Gasteiger partial charge < -0.3 is 14.4 Å². The minimum absolute atomic E-state index is 0.0372. The fourth-order valence-corrected chi connectivity index (χ4v) is 3.96. The van der Waals surface area contributed by atoms with E-state index < -0.39 is 0 Å². The van der Waals surface area contributed by atoms with Gasteiger partial charge in [0.2, 0.25) is 0 Å².